The molecule has 2 N–H and O–H groups in total. The number of aromatic nitrogens is 2. The van der Waals surface area contributed by atoms with Crippen molar-refractivity contribution in [2.75, 3.05) is 17.2 Å². The van der Waals surface area contributed by atoms with E-state index < -0.39 is 0 Å². The second kappa shape index (κ2) is 8.66. The summed E-state index contributed by atoms with van der Waals surface area (Å²) in [5.41, 5.74) is 3.35. The number of rotatable bonds is 4. The molecule has 0 atom stereocenters. The molecule has 22 heavy (non-hydrogen) atoms. The standard InChI is InChI=1S/C15H18N4O.2ClH/c20-15(5-8-19-9-7-16-11-19)18-13-3-4-14-12(10-13)2-1-6-17-14;;/h3-4,7,9-11,17H,1-2,5-6,8H2,(H,18,20);2*1H. The number of carbonyl (C=O) groups is 1. The first-order valence-electron chi connectivity index (χ1n) is 6.94. The van der Waals surface area contributed by atoms with Gasteiger partial charge in [0.1, 0.15) is 0 Å². The molecule has 0 fully saturated rings. The van der Waals surface area contributed by atoms with Crippen molar-refractivity contribution in [3.05, 3.63) is 42.5 Å². The molecular formula is C15H20Cl2N4O. The number of anilines is 2. The summed E-state index contributed by atoms with van der Waals surface area (Å²) in [5, 5.41) is 6.32. The van der Waals surface area contributed by atoms with Gasteiger partial charge in [0.25, 0.3) is 0 Å². The van der Waals surface area contributed by atoms with Crippen molar-refractivity contribution in [2.24, 2.45) is 0 Å². The number of carbonyl (C=O) groups excluding carboxylic acids is 1. The Bertz CT molecular complexity index is 602. The first-order valence-corrected chi connectivity index (χ1v) is 6.94. The van der Waals surface area contributed by atoms with Crippen molar-refractivity contribution in [1.82, 2.24) is 9.55 Å². The summed E-state index contributed by atoms with van der Waals surface area (Å²) in [4.78, 5) is 15.9. The van der Waals surface area contributed by atoms with Crippen LogP contribution in [0.2, 0.25) is 0 Å². The third-order valence-electron chi connectivity index (χ3n) is 3.48. The lowest BCUT2D eigenvalue weighted by Gasteiger charge is -2.18. The van der Waals surface area contributed by atoms with E-state index in [1.165, 1.54) is 11.3 Å². The molecule has 0 saturated carbocycles. The zero-order valence-electron chi connectivity index (χ0n) is 12.1. The van der Waals surface area contributed by atoms with E-state index in [1.807, 2.05) is 22.9 Å². The number of halogens is 2. The van der Waals surface area contributed by atoms with Crippen molar-refractivity contribution < 1.29 is 4.79 Å². The summed E-state index contributed by atoms with van der Waals surface area (Å²) in [6, 6.07) is 6.06. The molecule has 0 aliphatic carbocycles. The zero-order valence-corrected chi connectivity index (χ0v) is 13.8. The van der Waals surface area contributed by atoms with Crippen molar-refractivity contribution in [2.45, 2.75) is 25.8 Å². The van der Waals surface area contributed by atoms with E-state index in [-0.39, 0.29) is 30.7 Å². The van der Waals surface area contributed by atoms with Crippen LogP contribution in [0, 0.1) is 0 Å². The van der Waals surface area contributed by atoms with E-state index in [9.17, 15) is 4.79 Å². The van der Waals surface area contributed by atoms with Gasteiger partial charge in [0.05, 0.1) is 6.33 Å². The highest BCUT2D eigenvalue weighted by Crippen LogP contribution is 2.25. The SMILES string of the molecule is Cl.Cl.O=C(CCn1ccnc1)Nc1ccc2c(c1)CCCN2. The Hall–Kier alpha value is -1.72. The van der Waals surface area contributed by atoms with Crippen LogP contribution >= 0.6 is 24.8 Å². The maximum absolute atomic E-state index is 11.9. The maximum Gasteiger partial charge on any atom is 0.226 e. The van der Waals surface area contributed by atoms with Crippen molar-refractivity contribution in [3.63, 3.8) is 0 Å². The quantitative estimate of drug-likeness (QED) is 0.897. The van der Waals surface area contributed by atoms with Gasteiger partial charge in [-0.1, -0.05) is 0 Å². The highest BCUT2D eigenvalue weighted by Gasteiger charge is 2.10. The maximum atomic E-state index is 11.9. The van der Waals surface area contributed by atoms with Gasteiger partial charge in [0, 0.05) is 43.3 Å². The minimum absolute atomic E-state index is 0. The monoisotopic (exact) mass is 342 g/mol. The van der Waals surface area contributed by atoms with Gasteiger partial charge >= 0.3 is 0 Å². The number of nitrogens with one attached hydrogen (secondary N) is 2. The summed E-state index contributed by atoms with van der Waals surface area (Å²) >= 11 is 0. The fraction of sp³-hybridized carbons (Fsp3) is 0.333. The van der Waals surface area contributed by atoms with E-state index in [2.05, 4.69) is 21.7 Å². The largest absolute Gasteiger partial charge is 0.385 e. The van der Waals surface area contributed by atoms with Gasteiger partial charge in [-0.15, -0.1) is 24.8 Å². The van der Waals surface area contributed by atoms with Gasteiger partial charge in [-0.05, 0) is 36.6 Å². The molecule has 0 bridgehead atoms. The van der Waals surface area contributed by atoms with E-state index in [0.29, 0.717) is 13.0 Å². The molecule has 3 rings (SSSR count). The molecule has 1 aliphatic rings. The predicted molar refractivity (Wildman–Crippen MR) is 93.2 cm³/mol. The molecule has 1 aliphatic heterocycles. The number of fused-ring (bicyclic) bond motifs is 1. The second-order valence-electron chi connectivity index (χ2n) is 5.00. The van der Waals surface area contributed by atoms with Crippen LogP contribution in [0.5, 0.6) is 0 Å². The van der Waals surface area contributed by atoms with E-state index in [4.69, 9.17) is 0 Å². The van der Waals surface area contributed by atoms with Crippen LogP contribution in [0.3, 0.4) is 0 Å². The summed E-state index contributed by atoms with van der Waals surface area (Å²) in [5.74, 6) is 0.0300. The Morgan fingerprint density at radius 2 is 2.23 bits per heavy atom. The molecule has 0 radical (unpaired) electrons. The number of nitrogens with zero attached hydrogens (tertiary/aromatic N) is 2. The molecule has 2 heterocycles. The summed E-state index contributed by atoms with van der Waals surface area (Å²) in [7, 11) is 0. The third kappa shape index (κ3) is 4.64. The third-order valence-corrected chi connectivity index (χ3v) is 3.48. The van der Waals surface area contributed by atoms with Gasteiger partial charge < -0.3 is 15.2 Å². The van der Waals surface area contributed by atoms with Gasteiger partial charge in [-0.2, -0.15) is 0 Å². The summed E-state index contributed by atoms with van der Waals surface area (Å²) in [6.45, 7) is 1.68. The molecule has 0 saturated heterocycles. The van der Waals surface area contributed by atoms with Gasteiger partial charge in [0.2, 0.25) is 5.91 Å². The average Bonchev–Trinajstić information content (AvgIpc) is 2.98. The lowest BCUT2D eigenvalue weighted by atomic mass is 10.0. The Labute approximate surface area is 142 Å². The zero-order chi connectivity index (χ0) is 13.8. The lowest BCUT2D eigenvalue weighted by Crippen LogP contribution is -2.15. The molecule has 1 amide bonds. The van der Waals surface area contributed by atoms with Crippen LogP contribution in [-0.2, 0) is 17.8 Å². The molecule has 5 nitrogen and oxygen atoms in total. The Morgan fingerprint density at radius 3 is 3.00 bits per heavy atom. The molecule has 120 valence electrons. The fourth-order valence-corrected chi connectivity index (χ4v) is 2.43. The van der Waals surface area contributed by atoms with Crippen LogP contribution in [0.1, 0.15) is 18.4 Å². The molecule has 1 aromatic heterocycles. The normalized spacial score (nSPS) is 12.2. The van der Waals surface area contributed by atoms with E-state index in [1.54, 1.807) is 12.5 Å². The minimum Gasteiger partial charge on any atom is -0.385 e. The Kier molecular flexibility index (Phi) is 7.21. The van der Waals surface area contributed by atoms with E-state index >= 15 is 0 Å². The number of amides is 1. The summed E-state index contributed by atoms with van der Waals surface area (Å²) in [6.07, 6.45) is 7.96. The molecule has 2 aromatic rings. The molecular weight excluding hydrogens is 323 g/mol. The second-order valence-corrected chi connectivity index (χ2v) is 5.00. The fourth-order valence-electron chi connectivity index (χ4n) is 2.43. The first-order chi connectivity index (χ1) is 9.81. The molecule has 0 spiro atoms. The Morgan fingerprint density at radius 1 is 1.36 bits per heavy atom. The van der Waals surface area contributed by atoms with Gasteiger partial charge in [-0.25, -0.2) is 4.98 Å². The number of hydrogen-bond donors (Lipinski definition) is 2. The smallest absolute Gasteiger partial charge is 0.226 e. The van der Waals surface area contributed by atoms with Crippen LogP contribution in [0.25, 0.3) is 0 Å². The van der Waals surface area contributed by atoms with Crippen LogP contribution < -0.4 is 10.6 Å². The predicted octanol–water partition coefficient (Wildman–Crippen LogP) is 3.11. The van der Waals surface area contributed by atoms with Crippen LogP contribution in [0.4, 0.5) is 11.4 Å². The Balaban J connectivity index is 0.00000121. The highest BCUT2D eigenvalue weighted by molar-refractivity contribution is 5.91. The topological polar surface area (TPSA) is 59.0 Å². The number of hydrogen-bond acceptors (Lipinski definition) is 3. The van der Waals surface area contributed by atoms with Gasteiger partial charge in [0.15, 0.2) is 0 Å². The number of benzene rings is 1. The highest BCUT2D eigenvalue weighted by atomic mass is 35.5. The van der Waals surface area contributed by atoms with Crippen LogP contribution in [-0.4, -0.2) is 22.0 Å². The number of aryl methyl sites for hydroxylation is 2. The average molecular weight is 343 g/mol. The van der Waals surface area contributed by atoms with E-state index in [0.717, 1.165) is 25.1 Å². The first kappa shape index (κ1) is 18.3. The lowest BCUT2D eigenvalue weighted by molar-refractivity contribution is -0.116. The van der Waals surface area contributed by atoms with Crippen molar-refractivity contribution in [1.29, 1.82) is 0 Å². The van der Waals surface area contributed by atoms with Crippen LogP contribution in [0.15, 0.2) is 36.9 Å². The van der Waals surface area contributed by atoms with Crippen molar-refractivity contribution >= 4 is 42.1 Å². The molecule has 1 aromatic carbocycles. The van der Waals surface area contributed by atoms with Gasteiger partial charge in [-0.3, -0.25) is 4.79 Å². The molecule has 7 heteroatoms. The van der Waals surface area contributed by atoms with Crippen molar-refractivity contribution in [3.8, 4) is 0 Å². The minimum atomic E-state index is 0. The molecule has 0 unspecified atom stereocenters. The summed E-state index contributed by atoms with van der Waals surface area (Å²) < 4.78 is 1.90. The number of imidazole rings is 1.